The normalized spacial score (nSPS) is 23.1. The Bertz CT molecular complexity index is 730. The number of hydrogen-bond acceptors (Lipinski definition) is 7. The maximum absolute atomic E-state index is 5.25. The number of likely N-dealkylation sites (tertiary alicyclic amines) is 1. The molecule has 5 fully saturated rings. The average molecular weight is 723 g/mol. The van der Waals surface area contributed by atoms with Gasteiger partial charge in [0.25, 0.3) is 0 Å². The number of piperidine rings is 1. The molecule has 306 valence electrons. The van der Waals surface area contributed by atoms with E-state index in [0.717, 1.165) is 61.1 Å². The number of likely N-dealkylation sites (N-methyl/N-ethyl adjacent to an activating group) is 2. The SMILES string of the molecule is CC(C)C1CCCCC1.CC(C)C1CCOCC1.CC(C)N1CCC(N(C)C)CC1.CC(C)N1CCN(C)CC1.CCN1CCN(C(C)C)CC1. The predicted octanol–water partition coefficient (Wildman–Crippen LogP) is 8.39. The molecule has 7 heteroatoms. The van der Waals surface area contributed by atoms with Crippen LogP contribution in [0.3, 0.4) is 0 Å². The number of piperazine rings is 2. The van der Waals surface area contributed by atoms with Crippen molar-refractivity contribution in [2.45, 2.75) is 158 Å². The van der Waals surface area contributed by atoms with Crippen LogP contribution in [-0.2, 0) is 4.74 Å². The van der Waals surface area contributed by atoms with E-state index in [-0.39, 0.29) is 0 Å². The van der Waals surface area contributed by atoms with E-state index in [1.54, 1.807) is 0 Å². The van der Waals surface area contributed by atoms with E-state index in [1.165, 1.54) is 130 Å². The third-order valence-corrected chi connectivity index (χ3v) is 12.6. The van der Waals surface area contributed by atoms with Gasteiger partial charge in [-0.05, 0) is 132 Å². The van der Waals surface area contributed by atoms with E-state index in [9.17, 15) is 0 Å². The van der Waals surface area contributed by atoms with Crippen LogP contribution in [0.25, 0.3) is 0 Å². The van der Waals surface area contributed by atoms with Gasteiger partial charge in [0.2, 0.25) is 0 Å². The van der Waals surface area contributed by atoms with Crippen molar-refractivity contribution in [1.29, 1.82) is 0 Å². The van der Waals surface area contributed by atoms with Crippen LogP contribution in [0, 0.1) is 23.7 Å². The zero-order valence-corrected chi connectivity index (χ0v) is 37.3. The van der Waals surface area contributed by atoms with Crippen molar-refractivity contribution < 1.29 is 4.74 Å². The predicted molar refractivity (Wildman–Crippen MR) is 226 cm³/mol. The minimum absolute atomic E-state index is 0.730. The van der Waals surface area contributed by atoms with E-state index >= 15 is 0 Å². The molecule has 0 aromatic carbocycles. The smallest absolute Gasteiger partial charge is 0.0468 e. The van der Waals surface area contributed by atoms with Crippen LogP contribution in [0.5, 0.6) is 0 Å². The van der Waals surface area contributed by atoms with E-state index in [0.29, 0.717) is 0 Å². The van der Waals surface area contributed by atoms with Crippen LogP contribution in [0.4, 0.5) is 0 Å². The lowest BCUT2D eigenvalue weighted by atomic mass is 9.82. The van der Waals surface area contributed by atoms with E-state index < -0.39 is 0 Å². The summed E-state index contributed by atoms with van der Waals surface area (Å²) in [4.78, 5) is 14.9. The summed E-state index contributed by atoms with van der Waals surface area (Å²) in [6.45, 7) is 41.0. The van der Waals surface area contributed by atoms with E-state index in [2.05, 4.69) is 127 Å². The molecule has 0 N–H and O–H groups in total. The quantitative estimate of drug-likeness (QED) is 0.261. The average Bonchev–Trinajstić information content (AvgIpc) is 3.13. The molecule has 4 saturated heterocycles. The van der Waals surface area contributed by atoms with Gasteiger partial charge in [0.15, 0.2) is 0 Å². The molecule has 1 aliphatic carbocycles. The Morgan fingerprint density at radius 1 is 0.510 bits per heavy atom. The molecular weight excluding hydrogens is 629 g/mol. The van der Waals surface area contributed by atoms with Crippen molar-refractivity contribution in [3.8, 4) is 0 Å². The molecule has 0 aromatic rings. The summed E-state index contributed by atoms with van der Waals surface area (Å²) in [5.74, 6) is 3.77. The first-order valence-electron chi connectivity index (χ1n) is 22.0. The minimum Gasteiger partial charge on any atom is -0.381 e. The second-order valence-corrected chi connectivity index (χ2v) is 18.2. The maximum atomic E-state index is 5.25. The van der Waals surface area contributed by atoms with Gasteiger partial charge >= 0.3 is 0 Å². The molecule has 4 aliphatic heterocycles. The minimum atomic E-state index is 0.730. The Balaban J connectivity index is 0.000000320. The molecule has 0 unspecified atom stereocenters. The highest BCUT2D eigenvalue weighted by atomic mass is 16.5. The lowest BCUT2D eigenvalue weighted by Crippen LogP contribution is -2.48. The van der Waals surface area contributed by atoms with Crippen molar-refractivity contribution in [2.75, 3.05) is 106 Å². The third kappa shape index (κ3) is 22.0. The van der Waals surface area contributed by atoms with E-state index in [1.807, 2.05) is 0 Å². The van der Waals surface area contributed by atoms with Gasteiger partial charge in [0.05, 0.1) is 0 Å². The Kier molecular flexibility index (Phi) is 26.9. The fourth-order valence-electron chi connectivity index (χ4n) is 8.04. The highest BCUT2D eigenvalue weighted by Gasteiger charge is 2.22. The zero-order chi connectivity index (χ0) is 38.3. The largest absolute Gasteiger partial charge is 0.381 e. The third-order valence-electron chi connectivity index (χ3n) is 12.6. The van der Waals surface area contributed by atoms with Crippen molar-refractivity contribution in [3.05, 3.63) is 0 Å². The van der Waals surface area contributed by atoms with Gasteiger partial charge in [-0.15, -0.1) is 0 Å². The number of hydrogen-bond donors (Lipinski definition) is 0. The van der Waals surface area contributed by atoms with Gasteiger partial charge in [0.1, 0.15) is 0 Å². The fourth-order valence-corrected chi connectivity index (χ4v) is 8.04. The van der Waals surface area contributed by atoms with Crippen LogP contribution in [-0.4, -0.2) is 160 Å². The van der Waals surface area contributed by atoms with Crippen molar-refractivity contribution in [2.24, 2.45) is 23.7 Å². The molecule has 0 atom stereocenters. The van der Waals surface area contributed by atoms with Crippen LogP contribution in [0.2, 0.25) is 0 Å². The Morgan fingerprint density at radius 2 is 0.902 bits per heavy atom. The van der Waals surface area contributed by atoms with Gasteiger partial charge < -0.3 is 24.3 Å². The highest BCUT2D eigenvalue weighted by molar-refractivity contribution is 4.78. The Morgan fingerprint density at radius 3 is 1.24 bits per heavy atom. The van der Waals surface area contributed by atoms with Gasteiger partial charge in [-0.2, -0.15) is 0 Å². The van der Waals surface area contributed by atoms with Crippen molar-refractivity contribution in [1.82, 2.24) is 29.4 Å². The second-order valence-electron chi connectivity index (χ2n) is 18.2. The molecule has 0 bridgehead atoms. The summed E-state index contributed by atoms with van der Waals surface area (Å²) in [7, 11) is 6.57. The number of ether oxygens (including phenoxy) is 1. The summed E-state index contributed by atoms with van der Waals surface area (Å²) in [6.07, 6.45) is 12.7. The topological polar surface area (TPSA) is 28.7 Å². The molecular formula is C44H94N6O. The first kappa shape index (κ1) is 48.7. The van der Waals surface area contributed by atoms with Gasteiger partial charge in [-0.25, -0.2) is 0 Å². The maximum Gasteiger partial charge on any atom is 0.0468 e. The lowest BCUT2D eigenvalue weighted by Gasteiger charge is -2.37. The van der Waals surface area contributed by atoms with E-state index in [4.69, 9.17) is 4.74 Å². The van der Waals surface area contributed by atoms with Gasteiger partial charge in [-0.1, -0.05) is 66.7 Å². The second kappa shape index (κ2) is 28.2. The molecule has 0 amide bonds. The fraction of sp³-hybridized carbons (Fsp3) is 1.00. The van der Waals surface area contributed by atoms with Crippen molar-refractivity contribution in [3.63, 3.8) is 0 Å². The summed E-state index contributed by atoms with van der Waals surface area (Å²) in [5.41, 5.74) is 0. The standard InChI is InChI=1S/C10H22N2.C9H20N2.C9H18.C8H18N2.C8H16O/c1-9(2)12-7-5-10(6-8-12)11(3)4;1-4-10-5-7-11(8-6-10)9(2)3;1-8(2)9-6-4-3-5-7-9;1-8(2)10-6-4-9(3)5-7-10;1-7(2)8-3-5-9-6-4-8/h9-10H,5-8H2,1-4H3;9H,4-8H2,1-3H3;8-9H,3-7H2,1-2H3;8H,4-7H2,1-3H3;7-8H,3-6H2,1-2H3. The summed E-state index contributed by atoms with van der Waals surface area (Å²) < 4.78 is 5.25. The van der Waals surface area contributed by atoms with Crippen LogP contribution in [0.1, 0.15) is 134 Å². The molecule has 4 heterocycles. The summed E-state index contributed by atoms with van der Waals surface area (Å²) in [6, 6.07) is 3.01. The zero-order valence-electron chi connectivity index (χ0n) is 37.3. The molecule has 51 heavy (non-hydrogen) atoms. The number of rotatable bonds is 7. The molecule has 7 nitrogen and oxygen atoms in total. The number of nitrogens with zero attached hydrogens (tertiary/aromatic N) is 6. The monoisotopic (exact) mass is 723 g/mol. The molecule has 0 radical (unpaired) electrons. The molecule has 0 spiro atoms. The Hall–Kier alpha value is -0.280. The molecule has 0 aromatic heterocycles. The summed E-state index contributed by atoms with van der Waals surface area (Å²) >= 11 is 0. The molecule has 5 rings (SSSR count). The first-order chi connectivity index (χ1) is 24.2. The molecule has 1 saturated carbocycles. The van der Waals surface area contributed by atoms with Crippen molar-refractivity contribution >= 4 is 0 Å². The molecule has 5 aliphatic rings. The van der Waals surface area contributed by atoms with Gasteiger partial charge in [0, 0.05) is 89.7 Å². The van der Waals surface area contributed by atoms with Crippen LogP contribution in [0.15, 0.2) is 0 Å². The Labute approximate surface area is 321 Å². The first-order valence-corrected chi connectivity index (χ1v) is 22.0. The van der Waals surface area contributed by atoms with Crippen LogP contribution < -0.4 is 0 Å². The summed E-state index contributed by atoms with van der Waals surface area (Å²) in [5, 5.41) is 0. The van der Waals surface area contributed by atoms with Gasteiger partial charge in [-0.3, -0.25) is 9.80 Å². The lowest BCUT2D eigenvalue weighted by molar-refractivity contribution is 0.0523. The van der Waals surface area contributed by atoms with Crippen LogP contribution >= 0.6 is 0 Å². The highest BCUT2D eigenvalue weighted by Crippen LogP contribution is 2.29.